The van der Waals surface area contributed by atoms with E-state index >= 15 is 0 Å². The van der Waals surface area contributed by atoms with Gasteiger partial charge in [0, 0.05) is 51.1 Å². The Bertz CT molecular complexity index is 740. The Hall–Kier alpha value is -2.51. The molecule has 4 heterocycles. The molecule has 8 nitrogen and oxygen atoms in total. The fourth-order valence-electron chi connectivity index (χ4n) is 3.86. The van der Waals surface area contributed by atoms with Gasteiger partial charge in [0.25, 0.3) is 0 Å². The van der Waals surface area contributed by atoms with E-state index in [9.17, 15) is 4.79 Å². The molecule has 0 aromatic carbocycles. The SMILES string of the molecule is O=C(CCCn1cncn1)N1CCc2ncnc(N3CCCC3)c2CC1. The molecule has 1 amide bonds. The largest absolute Gasteiger partial charge is 0.356 e. The van der Waals surface area contributed by atoms with Gasteiger partial charge in [-0.3, -0.25) is 9.48 Å². The van der Waals surface area contributed by atoms with Crippen molar-refractivity contribution in [2.24, 2.45) is 0 Å². The minimum absolute atomic E-state index is 0.216. The predicted molar refractivity (Wildman–Crippen MR) is 96.7 cm³/mol. The van der Waals surface area contributed by atoms with Gasteiger partial charge in [-0.25, -0.2) is 15.0 Å². The lowest BCUT2D eigenvalue weighted by Gasteiger charge is -2.21. The average molecular weight is 355 g/mol. The maximum absolute atomic E-state index is 12.6. The van der Waals surface area contributed by atoms with Gasteiger partial charge >= 0.3 is 0 Å². The first-order valence-corrected chi connectivity index (χ1v) is 9.49. The van der Waals surface area contributed by atoms with E-state index in [1.807, 2.05) is 4.90 Å². The first-order valence-electron chi connectivity index (χ1n) is 9.49. The third kappa shape index (κ3) is 3.68. The molecule has 0 atom stereocenters. The standard InChI is InChI=1S/C18H25N7O/c26-17(4-3-9-25-14-19-12-22-25)23-10-5-15-16(6-11-23)20-13-21-18(15)24-7-1-2-8-24/h12-14H,1-11H2. The monoisotopic (exact) mass is 355 g/mol. The molecular formula is C18H25N7O. The fraction of sp³-hybridized carbons (Fsp3) is 0.611. The zero-order chi connectivity index (χ0) is 17.8. The van der Waals surface area contributed by atoms with Crippen molar-refractivity contribution in [1.82, 2.24) is 29.6 Å². The van der Waals surface area contributed by atoms with E-state index in [2.05, 4.69) is 25.0 Å². The van der Waals surface area contributed by atoms with Crippen LogP contribution in [0.1, 0.15) is 36.9 Å². The van der Waals surface area contributed by atoms with Crippen molar-refractivity contribution in [3.05, 3.63) is 30.2 Å². The highest BCUT2D eigenvalue weighted by atomic mass is 16.2. The summed E-state index contributed by atoms with van der Waals surface area (Å²) in [5.74, 6) is 1.31. The third-order valence-electron chi connectivity index (χ3n) is 5.26. The van der Waals surface area contributed by atoms with Crippen molar-refractivity contribution in [1.29, 1.82) is 0 Å². The number of carbonyl (C=O) groups excluding carboxylic acids is 1. The zero-order valence-corrected chi connectivity index (χ0v) is 15.0. The number of rotatable bonds is 5. The number of nitrogens with zero attached hydrogens (tertiary/aromatic N) is 7. The molecule has 2 aliphatic rings. The minimum atomic E-state index is 0.216. The average Bonchev–Trinajstić information content (AvgIpc) is 3.32. The molecular weight excluding hydrogens is 330 g/mol. The number of anilines is 1. The smallest absolute Gasteiger partial charge is 0.222 e. The van der Waals surface area contributed by atoms with Gasteiger partial charge < -0.3 is 9.80 Å². The molecule has 1 saturated heterocycles. The molecule has 2 aliphatic heterocycles. The van der Waals surface area contributed by atoms with Crippen molar-refractivity contribution in [2.45, 2.75) is 45.1 Å². The summed E-state index contributed by atoms with van der Waals surface area (Å²) < 4.78 is 1.77. The summed E-state index contributed by atoms with van der Waals surface area (Å²) >= 11 is 0. The summed E-state index contributed by atoms with van der Waals surface area (Å²) in [7, 11) is 0. The van der Waals surface area contributed by atoms with E-state index in [1.54, 1.807) is 17.3 Å². The minimum Gasteiger partial charge on any atom is -0.356 e. The molecule has 0 N–H and O–H groups in total. The van der Waals surface area contributed by atoms with Crippen LogP contribution in [-0.4, -0.2) is 61.7 Å². The number of hydrogen-bond donors (Lipinski definition) is 0. The van der Waals surface area contributed by atoms with E-state index in [0.29, 0.717) is 6.42 Å². The van der Waals surface area contributed by atoms with Crippen LogP contribution in [0.15, 0.2) is 19.0 Å². The van der Waals surface area contributed by atoms with Gasteiger partial charge in [0.15, 0.2) is 0 Å². The lowest BCUT2D eigenvalue weighted by atomic mass is 10.1. The molecule has 0 radical (unpaired) electrons. The first-order chi connectivity index (χ1) is 12.8. The normalized spacial score (nSPS) is 17.2. The summed E-state index contributed by atoms with van der Waals surface area (Å²) in [4.78, 5) is 30.0. The second-order valence-electron chi connectivity index (χ2n) is 6.96. The van der Waals surface area contributed by atoms with Crippen LogP contribution in [0.4, 0.5) is 5.82 Å². The molecule has 0 saturated carbocycles. The Balaban J connectivity index is 1.36. The lowest BCUT2D eigenvalue weighted by molar-refractivity contribution is -0.131. The molecule has 1 fully saturated rings. The molecule has 0 aliphatic carbocycles. The highest BCUT2D eigenvalue weighted by Crippen LogP contribution is 2.26. The zero-order valence-electron chi connectivity index (χ0n) is 15.0. The molecule has 0 unspecified atom stereocenters. The van der Waals surface area contributed by atoms with Gasteiger partial charge in [-0.2, -0.15) is 5.10 Å². The van der Waals surface area contributed by atoms with Crippen LogP contribution >= 0.6 is 0 Å². The van der Waals surface area contributed by atoms with Crippen molar-refractivity contribution < 1.29 is 4.79 Å². The van der Waals surface area contributed by atoms with Gasteiger partial charge in [0.05, 0.1) is 5.69 Å². The molecule has 8 heteroatoms. The van der Waals surface area contributed by atoms with Gasteiger partial charge in [-0.05, 0) is 25.7 Å². The Kier molecular flexibility index (Phi) is 5.08. The number of carbonyl (C=O) groups is 1. The van der Waals surface area contributed by atoms with Crippen LogP contribution in [0, 0.1) is 0 Å². The van der Waals surface area contributed by atoms with Crippen molar-refractivity contribution in [3.63, 3.8) is 0 Å². The predicted octanol–water partition coefficient (Wildman–Crippen LogP) is 1.08. The van der Waals surface area contributed by atoms with Crippen LogP contribution in [0.25, 0.3) is 0 Å². The van der Waals surface area contributed by atoms with Gasteiger partial charge in [0.2, 0.25) is 5.91 Å². The summed E-state index contributed by atoms with van der Waals surface area (Å²) in [5.41, 5.74) is 2.35. The second kappa shape index (κ2) is 7.80. The lowest BCUT2D eigenvalue weighted by Crippen LogP contribution is -2.33. The Morgan fingerprint density at radius 3 is 2.69 bits per heavy atom. The molecule has 138 valence electrons. The van der Waals surface area contributed by atoms with Crippen LogP contribution < -0.4 is 4.90 Å². The van der Waals surface area contributed by atoms with E-state index in [4.69, 9.17) is 0 Å². The van der Waals surface area contributed by atoms with Crippen molar-refractivity contribution in [2.75, 3.05) is 31.1 Å². The van der Waals surface area contributed by atoms with Crippen LogP contribution in [0.2, 0.25) is 0 Å². The number of fused-ring (bicyclic) bond motifs is 1. The summed E-state index contributed by atoms with van der Waals surface area (Å²) in [6.07, 6.45) is 10.3. The Morgan fingerprint density at radius 2 is 1.88 bits per heavy atom. The maximum atomic E-state index is 12.6. The molecule has 2 aromatic heterocycles. The molecule has 4 rings (SSSR count). The van der Waals surface area contributed by atoms with E-state index in [0.717, 1.165) is 63.5 Å². The number of hydrogen-bond acceptors (Lipinski definition) is 6. The first kappa shape index (κ1) is 16.9. The van der Waals surface area contributed by atoms with Gasteiger partial charge in [0.1, 0.15) is 24.8 Å². The van der Waals surface area contributed by atoms with Crippen LogP contribution in [-0.2, 0) is 24.2 Å². The number of aryl methyl sites for hydroxylation is 1. The molecule has 2 aromatic rings. The summed E-state index contributed by atoms with van der Waals surface area (Å²) in [6.45, 7) is 4.38. The molecule has 0 spiro atoms. The highest BCUT2D eigenvalue weighted by molar-refractivity contribution is 5.76. The Morgan fingerprint density at radius 1 is 1.04 bits per heavy atom. The van der Waals surface area contributed by atoms with Crippen molar-refractivity contribution in [3.8, 4) is 0 Å². The topological polar surface area (TPSA) is 80.0 Å². The number of amides is 1. The quantitative estimate of drug-likeness (QED) is 0.798. The summed E-state index contributed by atoms with van der Waals surface area (Å²) in [5, 5.41) is 4.08. The maximum Gasteiger partial charge on any atom is 0.222 e. The third-order valence-corrected chi connectivity index (χ3v) is 5.26. The summed E-state index contributed by atoms with van der Waals surface area (Å²) in [6, 6.07) is 0. The molecule has 0 bridgehead atoms. The van der Waals surface area contributed by atoms with E-state index in [-0.39, 0.29) is 5.91 Å². The van der Waals surface area contributed by atoms with Gasteiger partial charge in [-0.1, -0.05) is 0 Å². The van der Waals surface area contributed by atoms with Crippen molar-refractivity contribution >= 4 is 11.7 Å². The number of aromatic nitrogens is 5. The van der Waals surface area contributed by atoms with Crippen LogP contribution in [0.3, 0.4) is 0 Å². The van der Waals surface area contributed by atoms with E-state index < -0.39 is 0 Å². The second-order valence-corrected chi connectivity index (χ2v) is 6.96. The van der Waals surface area contributed by atoms with E-state index in [1.165, 1.54) is 24.7 Å². The molecule has 26 heavy (non-hydrogen) atoms. The van der Waals surface area contributed by atoms with Crippen LogP contribution in [0.5, 0.6) is 0 Å². The Labute approximate surface area is 153 Å². The highest BCUT2D eigenvalue weighted by Gasteiger charge is 2.24. The fourth-order valence-corrected chi connectivity index (χ4v) is 3.86. The van der Waals surface area contributed by atoms with Gasteiger partial charge in [-0.15, -0.1) is 0 Å².